The average molecular weight is 365 g/mol. The van der Waals surface area contributed by atoms with E-state index in [-0.39, 0.29) is 11.0 Å². The van der Waals surface area contributed by atoms with Crippen LogP contribution >= 0.6 is 0 Å². The Kier molecular flexibility index (Phi) is 3.89. The van der Waals surface area contributed by atoms with Crippen molar-refractivity contribution in [2.24, 2.45) is 5.41 Å². The van der Waals surface area contributed by atoms with Crippen molar-refractivity contribution in [2.45, 2.75) is 79.3 Å². The van der Waals surface area contributed by atoms with Crippen LogP contribution in [-0.2, 0) is 0 Å². The standard InChI is InChI=1S/C24H32N2O/c1-14(2)18-10-9-17-21-15(3)19(11-12-20(21)27-22(17)25-18)26-16(4)23(5,6)13-24(26,7)8/h9-12,14,16H,13H2,1-8H3/t16-/m0/s1. The number of anilines is 1. The minimum atomic E-state index is 0.129. The number of pyridine rings is 1. The molecule has 1 fully saturated rings. The number of aryl methyl sites for hydroxylation is 1. The zero-order valence-electron chi connectivity index (χ0n) is 18.0. The first-order chi connectivity index (χ1) is 12.5. The van der Waals surface area contributed by atoms with Crippen LogP contribution in [-0.4, -0.2) is 16.6 Å². The van der Waals surface area contributed by atoms with Crippen molar-refractivity contribution in [3.63, 3.8) is 0 Å². The summed E-state index contributed by atoms with van der Waals surface area (Å²) >= 11 is 0. The molecular formula is C24H32N2O. The molecule has 1 aromatic carbocycles. The number of furan rings is 1. The summed E-state index contributed by atoms with van der Waals surface area (Å²) in [6.07, 6.45) is 1.18. The summed E-state index contributed by atoms with van der Waals surface area (Å²) in [7, 11) is 0. The van der Waals surface area contributed by atoms with Gasteiger partial charge in [-0.15, -0.1) is 0 Å². The van der Waals surface area contributed by atoms with Crippen molar-refractivity contribution in [1.29, 1.82) is 0 Å². The Bertz CT molecular complexity index is 1030. The fourth-order valence-corrected chi connectivity index (χ4v) is 5.26. The maximum absolute atomic E-state index is 6.13. The number of nitrogens with zero attached hydrogens (tertiary/aromatic N) is 2. The fourth-order valence-electron chi connectivity index (χ4n) is 5.26. The Morgan fingerprint density at radius 1 is 1.11 bits per heavy atom. The topological polar surface area (TPSA) is 29.3 Å². The van der Waals surface area contributed by atoms with Crippen molar-refractivity contribution in [2.75, 3.05) is 4.90 Å². The molecule has 3 heterocycles. The number of hydrogen-bond acceptors (Lipinski definition) is 3. The van der Waals surface area contributed by atoms with Crippen LogP contribution in [0, 0.1) is 12.3 Å². The van der Waals surface area contributed by atoms with Crippen molar-refractivity contribution in [3.05, 3.63) is 35.5 Å². The van der Waals surface area contributed by atoms with Gasteiger partial charge in [0.25, 0.3) is 0 Å². The molecule has 1 aliphatic rings. The predicted molar refractivity (Wildman–Crippen MR) is 115 cm³/mol. The first kappa shape index (κ1) is 18.3. The van der Waals surface area contributed by atoms with Crippen molar-refractivity contribution in [3.8, 4) is 0 Å². The second-order valence-corrected chi connectivity index (χ2v) is 9.95. The molecule has 4 rings (SSSR count). The van der Waals surface area contributed by atoms with Crippen LogP contribution in [0.3, 0.4) is 0 Å². The number of aromatic nitrogens is 1. The van der Waals surface area contributed by atoms with Gasteiger partial charge in [-0.1, -0.05) is 27.7 Å². The van der Waals surface area contributed by atoms with Gasteiger partial charge in [0.15, 0.2) is 0 Å². The molecular weight excluding hydrogens is 332 g/mol. The summed E-state index contributed by atoms with van der Waals surface area (Å²) in [5.41, 5.74) is 5.80. The third kappa shape index (κ3) is 2.66. The largest absolute Gasteiger partial charge is 0.438 e. The van der Waals surface area contributed by atoms with E-state index >= 15 is 0 Å². The molecule has 1 aliphatic heterocycles. The Morgan fingerprint density at radius 2 is 1.81 bits per heavy atom. The molecule has 0 radical (unpaired) electrons. The summed E-state index contributed by atoms with van der Waals surface area (Å²) in [5, 5.41) is 2.33. The van der Waals surface area contributed by atoms with Gasteiger partial charge in [0, 0.05) is 33.7 Å². The maximum atomic E-state index is 6.13. The molecule has 27 heavy (non-hydrogen) atoms. The van der Waals surface area contributed by atoms with Gasteiger partial charge < -0.3 is 9.32 Å². The van der Waals surface area contributed by atoms with E-state index in [1.165, 1.54) is 23.1 Å². The van der Waals surface area contributed by atoms with Gasteiger partial charge in [0.1, 0.15) is 5.58 Å². The Morgan fingerprint density at radius 3 is 2.41 bits per heavy atom. The Hall–Kier alpha value is -2.03. The SMILES string of the molecule is Cc1c(N2[C@@H](C)C(C)(C)CC2(C)C)ccc2oc3nc(C(C)C)ccc3c12. The van der Waals surface area contributed by atoms with Crippen molar-refractivity contribution >= 4 is 27.8 Å². The van der Waals surface area contributed by atoms with Gasteiger partial charge in [-0.25, -0.2) is 4.98 Å². The second kappa shape index (κ2) is 5.73. The summed E-state index contributed by atoms with van der Waals surface area (Å²) in [6, 6.07) is 9.17. The minimum absolute atomic E-state index is 0.129. The Labute approximate surface area is 162 Å². The molecule has 0 aliphatic carbocycles. The van der Waals surface area contributed by atoms with Gasteiger partial charge in [-0.3, -0.25) is 0 Å². The highest BCUT2D eigenvalue weighted by atomic mass is 16.3. The highest BCUT2D eigenvalue weighted by Gasteiger charge is 2.48. The van der Waals surface area contributed by atoms with Gasteiger partial charge in [-0.05, 0) is 75.3 Å². The quantitative estimate of drug-likeness (QED) is 0.500. The van der Waals surface area contributed by atoms with Crippen LogP contribution in [0.1, 0.15) is 72.1 Å². The minimum Gasteiger partial charge on any atom is -0.438 e. The fraction of sp³-hybridized carbons (Fsp3) is 0.542. The smallest absolute Gasteiger partial charge is 0.227 e. The molecule has 0 N–H and O–H groups in total. The van der Waals surface area contributed by atoms with Crippen LogP contribution < -0.4 is 4.90 Å². The van der Waals surface area contributed by atoms with E-state index in [0.717, 1.165) is 22.4 Å². The molecule has 1 atom stereocenters. The molecule has 0 spiro atoms. The monoisotopic (exact) mass is 364 g/mol. The van der Waals surface area contributed by atoms with E-state index in [1.54, 1.807) is 0 Å². The lowest BCUT2D eigenvalue weighted by molar-refractivity contribution is 0.329. The lowest BCUT2D eigenvalue weighted by atomic mass is 9.82. The van der Waals surface area contributed by atoms with Crippen LogP contribution in [0.5, 0.6) is 0 Å². The number of benzene rings is 1. The summed E-state index contributed by atoms with van der Waals surface area (Å²) in [4.78, 5) is 7.39. The number of fused-ring (bicyclic) bond motifs is 3. The predicted octanol–water partition coefficient (Wildman–Crippen LogP) is 6.82. The third-order valence-electron chi connectivity index (χ3n) is 6.67. The summed E-state index contributed by atoms with van der Waals surface area (Å²) in [6.45, 7) is 18.4. The molecule has 0 bridgehead atoms. The molecule has 3 aromatic rings. The van der Waals surface area contributed by atoms with E-state index in [2.05, 4.69) is 84.6 Å². The van der Waals surface area contributed by atoms with E-state index in [9.17, 15) is 0 Å². The van der Waals surface area contributed by atoms with E-state index < -0.39 is 0 Å². The van der Waals surface area contributed by atoms with Crippen LogP contribution in [0.15, 0.2) is 28.7 Å². The molecule has 0 amide bonds. The molecule has 3 heteroatoms. The lowest BCUT2D eigenvalue weighted by Gasteiger charge is -2.38. The molecule has 3 nitrogen and oxygen atoms in total. The molecule has 0 saturated carbocycles. The molecule has 2 aromatic heterocycles. The summed E-state index contributed by atoms with van der Waals surface area (Å²) < 4.78 is 6.13. The number of rotatable bonds is 2. The van der Waals surface area contributed by atoms with Crippen LogP contribution in [0.25, 0.3) is 22.1 Å². The Balaban J connectivity index is 1.93. The number of hydrogen-bond donors (Lipinski definition) is 0. The molecule has 0 unspecified atom stereocenters. The van der Waals surface area contributed by atoms with E-state index in [4.69, 9.17) is 9.40 Å². The van der Waals surface area contributed by atoms with Gasteiger partial charge in [-0.2, -0.15) is 0 Å². The maximum Gasteiger partial charge on any atom is 0.227 e. The van der Waals surface area contributed by atoms with E-state index in [0.29, 0.717) is 12.0 Å². The van der Waals surface area contributed by atoms with Crippen LogP contribution in [0.2, 0.25) is 0 Å². The molecule has 1 saturated heterocycles. The van der Waals surface area contributed by atoms with Gasteiger partial charge >= 0.3 is 0 Å². The second-order valence-electron chi connectivity index (χ2n) is 9.95. The highest BCUT2D eigenvalue weighted by molar-refractivity contribution is 6.07. The van der Waals surface area contributed by atoms with Crippen LogP contribution in [0.4, 0.5) is 5.69 Å². The van der Waals surface area contributed by atoms with Crippen molar-refractivity contribution < 1.29 is 4.42 Å². The summed E-state index contributed by atoms with van der Waals surface area (Å²) in [5.74, 6) is 0.396. The average Bonchev–Trinajstić information content (AvgIpc) is 3.00. The van der Waals surface area contributed by atoms with Gasteiger partial charge in [0.2, 0.25) is 5.71 Å². The first-order valence-electron chi connectivity index (χ1n) is 10.1. The third-order valence-corrected chi connectivity index (χ3v) is 6.67. The van der Waals surface area contributed by atoms with Crippen molar-refractivity contribution in [1.82, 2.24) is 4.98 Å². The highest BCUT2D eigenvalue weighted by Crippen LogP contribution is 2.50. The van der Waals surface area contributed by atoms with E-state index in [1.807, 2.05) is 0 Å². The normalized spacial score (nSPS) is 21.7. The first-order valence-corrected chi connectivity index (χ1v) is 10.1. The molecule has 144 valence electrons. The zero-order chi connectivity index (χ0) is 19.7. The lowest BCUT2D eigenvalue weighted by Crippen LogP contribution is -2.43. The van der Waals surface area contributed by atoms with Gasteiger partial charge in [0.05, 0.1) is 0 Å². The zero-order valence-corrected chi connectivity index (χ0v) is 18.0.